The Morgan fingerprint density at radius 3 is 2.39 bits per heavy atom. The van der Waals surface area contributed by atoms with Crippen molar-refractivity contribution >= 4 is 11.6 Å². The average Bonchev–Trinajstić information content (AvgIpc) is 2.28. The summed E-state index contributed by atoms with van der Waals surface area (Å²) in [6.07, 6.45) is -4.15. The number of hydrogen-bond acceptors (Lipinski definition) is 3. The molecule has 0 unspecified atom stereocenters. The van der Waals surface area contributed by atoms with E-state index in [1.807, 2.05) is 19.1 Å². The molecule has 6 heteroatoms. The molecular formula is C12H18F3N3. The standard InChI is InChI=1S/C12H18F3N3/c1-2-16-10-6-5-7-11(18-10)17-9-4-3-8-12(13,14)15/h5-7H,2-4,8-9H2,1H3,(H2,16,17,18). The third-order valence-electron chi connectivity index (χ3n) is 2.30. The van der Waals surface area contributed by atoms with E-state index in [1.165, 1.54) is 0 Å². The third-order valence-corrected chi connectivity index (χ3v) is 2.30. The van der Waals surface area contributed by atoms with E-state index in [1.54, 1.807) is 6.07 Å². The Hall–Kier alpha value is -1.46. The first kappa shape index (κ1) is 14.6. The van der Waals surface area contributed by atoms with E-state index in [4.69, 9.17) is 0 Å². The lowest BCUT2D eigenvalue weighted by molar-refractivity contribution is -0.135. The Morgan fingerprint density at radius 2 is 1.78 bits per heavy atom. The molecule has 0 fully saturated rings. The number of pyridine rings is 1. The maximum atomic E-state index is 11.9. The molecule has 3 nitrogen and oxygen atoms in total. The molecule has 0 aliphatic heterocycles. The van der Waals surface area contributed by atoms with E-state index in [-0.39, 0.29) is 6.42 Å². The first-order valence-electron chi connectivity index (χ1n) is 6.03. The zero-order valence-electron chi connectivity index (χ0n) is 10.3. The molecule has 0 radical (unpaired) electrons. The van der Waals surface area contributed by atoms with Crippen molar-refractivity contribution in [3.8, 4) is 0 Å². The maximum Gasteiger partial charge on any atom is 0.389 e. The van der Waals surface area contributed by atoms with Crippen LogP contribution in [0.25, 0.3) is 0 Å². The van der Waals surface area contributed by atoms with Crippen LogP contribution >= 0.6 is 0 Å². The van der Waals surface area contributed by atoms with Gasteiger partial charge in [-0.3, -0.25) is 0 Å². The number of halogens is 3. The molecule has 0 amide bonds. The third kappa shape index (κ3) is 6.32. The molecule has 2 N–H and O–H groups in total. The highest BCUT2D eigenvalue weighted by molar-refractivity contribution is 5.44. The molecule has 0 atom stereocenters. The maximum absolute atomic E-state index is 11.9. The second kappa shape index (κ2) is 7.08. The fourth-order valence-corrected chi connectivity index (χ4v) is 1.48. The van der Waals surface area contributed by atoms with Crippen LogP contribution < -0.4 is 10.6 Å². The lowest BCUT2D eigenvalue weighted by Gasteiger charge is -2.09. The largest absolute Gasteiger partial charge is 0.389 e. The Morgan fingerprint density at radius 1 is 1.11 bits per heavy atom. The summed E-state index contributed by atoms with van der Waals surface area (Å²) in [5, 5.41) is 6.08. The Labute approximate surface area is 105 Å². The van der Waals surface area contributed by atoms with Gasteiger partial charge in [0.05, 0.1) is 0 Å². The molecule has 102 valence electrons. The van der Waals surface area contributed by atoms with Gasteiger partial charge >= 0.3 is 6.18 Å². The van der Waals surface area contributed by atoms with Crippen molar-refractivity contribution < 1.29 is 13.2 Å². The van der Waals surface area contributed by atoms with Crippen molar-refractivity contribution in [2.24, 2.45) is 0 Å². The van der Waals surface area contributed by atoms with Gasteiger partial charge in [0.25, 0.3) is 0 Å². The highest BCUT2D eigenvalue weighted by Crippen LogP contribution is 2.22. The average molecular weight is 261 g/mol. The van der Waals surface area contributed by atoms with Crippen LogP contribution in [0.1, 0.15) is 26.2 Å². The molecule has 1 heterocycles. The summed E-state index contributed by atoms with van der Waals surface area (Å²) < 4.78 is 35.7. The minimum atomic E-state index is -4.05. The topological polar surface area (TPSA) is 37.0 Å². The highest BCUT2D eigenvalue weighted by atomic mass is 19.4. The zero-order valence-corrected chi connectivity index (χ0v) is 10.3. The van der Waals surface area contributed by atoms with Crippen LogP contribution in [0, 0.1) is 0 Å². The van der Waals surface area contributed by atoms with Gasteiger partial charge < -0.3 is 10.6 Å². The Bertz CT molecular complexity index is 353. The van der Waals surface area contributed by atoms with Gasteiger partial charge in [-0.25, -0.2) is 4.98 Å². The predicted molar refractivity (Wildman–Crippen MR) is 66.8 cm³/mol. The van der Waals surface area contributed by atoms with Gasteiger partial charge in [-0.15, -0.1) is 0 Å². The fourth-order valence-electron chi connectivity index (χ4n) is 1.48. The van der Waals surface area contributed by atoms with Crippen LogP contribution in [0.5, 0.6) is 0 Å². The molecule has 1 aromatic rings. The van der Waals surface area contributed by atoms with Gasteiger partial charge in [-0.1, -0.05) is 6.07 Å². The monoisotopic (exact) mass is 261 g/mol. The molecule has 0 aliphatic rings. The fraction of sp³-hybridized carbons (Fsp3) is 0.583. The quantitative estimate of drug-likeness (QED) is 0.735. The van der Waals surface area contributed by atoms with Crippen LogP contribution in [-0.4, -0.2) is 24.2 Å². The summed E-state index contributed by atoms with van der Waals surface area (Å²) in [5.41, 5.74) is 0. The minimum absolute atomic E-state index is 0.142. The van der Waals surface area contributed by atoms with E-state index in [9.17, 15) is 13.2 Å². The molecule has 18 heavy (non-hydrogen) atoms. The Kier molecular flexibility index (Phi) is 5.74. The van der Waals surface area contributed by atoms with E-state index in [0.717, 1.165) is 12.4 Å². The summed E-state index contributed by atoms with van der Waals surface area (Å²) in [5.74, 6) is 1.44. The van der Waals surface area contributed by atoms with Crippen LogP contribution in [0.2, 0.25) is 0 Å². The molecule has 0 spiro atoms. The second-order valence-corrected chi connectivity index (χ2v) is 3.94. The molecule has 0 aliphatic carbocycles. The number of alkyl halides is 3. The Balaban J connectivity index is 2.24. The van der Waals surface area contributed by atoms with E-state index < -0.39 is 12.6 Å². The zero-order chi connectivity index (χ0) is 13.4. The number of unbranched alkanes of at least 4 members (excludes halogenated alkanes) is 1. The van der Waals surface area contributed by atoms with Crippen molar-refractivity contribution in [3.05, 3.63) is 18.2 Å². The van der Waals surface area contributed by atoms with Gasteiger partial charge in [0.1, 0.15) is 11.6 Å². The van der Waals surface area contributed by atoms with Crippen molar-refractivity contribution in [3.63, 3.8) is 0 Å². The number of anilines is 2. The first-order chi connectivity index (χ1) is 8.51. The molecule has 1 rings (SSSR count). The van der Waals surface area contributed by atoms with Gasteiger partial charge in [0.2, 0.25) is 0 Å². The minimum Gasteiger partial charge on any atom is -0.370 e. The van der Waals surface area contributed by atoms with Crippen molar-refractivity contribution in [2.45, 2.75) is 32.4 Å². The summed E-state index contributed by atoms with van der Waals surface area (Å²) >= 11 is 0. The predicted octanol–water partition coefficient (Wildman–Crippen LogP) is 3.66. The molecule has 0 saturated heterocycles. The number of hydrogen-bond donors (Lipinski definition) is 2. The number of aromatic nitrogens is 1. The summed E-state index contributed by atoms with van der Waals surface area (Å²) in [7, 11) is 0. The van der Waals surface area contributed by atoms with Gasteiger partial charge in [0.15, 0.2) is 0 Å². The molecule has 0 aromatic carbocycles. The van der Waals surface area contributed by atoms with Crippen LogP contribution in [0.4, 0.5) is 24.8 Å². The summed E-state index contributed by atoms with van der Waals surface area (Å²) in [6.45, 7) is 3.25. The molecule has 1 aromatic heterocycles. The van der Waals surface area contributed by atoms with E-state index in [2.05, 4.69) is 15.6 Å². The molecular weight excluding hydrogens is 243 g/mol. The van der Waals surface area contributed by atoms with Crippen LogP contribution in [-0.2, 0) is 0 Å². The summed E-state index contributed by atoms with van der Waals surface area (Å²) in [6, 6.07) is 5.49. The van der Waals surface area contributed by atoms with Gasteiger partial charge in [-0.05, 0) is 31.9 Å². The van der Waals surface area contributed by atoms with Crippen molar-refractivity contribution in [1.82, 2.24) is 4.98 Å². The lowest BCUT2D eigenvalue weighted by atomic mass is 10.2. The number of nitrogens with zero attached hydrogens (tertiary/aromatic N) is 1. The second-order valence-electron chi connectivity index (χ2n) is 3.94. The number of nitrogens with one attached hydrogen (secondary N) is 2. The van der Waals surface area contributed by atoms with E-state index >= 15 is 0 Å². The van der Waals surface area contributed by atoms with Crippen LogP contribution in [0.3, 0.4) is 0 Å². The molecule has 0 saturated carbocycles. The highest BCUT2D eigenvalue weighted by Gasteiger charge is 2.25. The van der Waals surface area contributed by atoms with Gasteiger partial charge in [-0.2, -0.15) is 13.2 Å². The van der Waals surface area contributed by atoms with E-state index in [0.29, 0.717) is 18.8 Å². The smallest absolute Gasteiger partial charge is 0.370 e. The summed E-state index contributed by atoms with van der Waals surface area (Å²) in [4.78, 5) is 4.26. The van der Waals surface area contributed by atoms with Gasteiger partial charge in [0, 0.05) is 19.5 Å². The van der Waals surface area contributed by atoms with Crippen molar-refractivity contribution in [2.75, 3.05) is 23.7 Å². The number of rotatable bonds is 7. The molecule has 0 bridgehead atoms. The SMILES string of the molecule is CCNc1cccc(NCCCCC(F)(F)F)n1. The van der Waals surface area contributed by atoms with Crippen molar-refractivity contribution in [1.29, 1.82) is 0 Å². The normalized spacial score (nSPS) is 11.3. The lowest BCUT2D eigenvalue weighted by Crippen LogP contribution is -2.09. The first-order valence-corrected chi connectivity index (χ1v) is 6.03. The van der Waals surface area contributed by atoms with Crippen LogP contribution in [0.15, 0.2) is 18.2 Å².